The van der Waals surface area contributed by atoms with Crippen molar-refractivity contribution in [1.29, 1.82) is 0 Å². The van der Waals surface area contributed by atoms with Gasteiger partial charge >= 0.3 is 0 Å². The third-order valence-electron chi connectivity index (χ3n) is 3.21. The molecule has 3 rings (SSSR count). The second-order valence-electron chi connectivity index (χ2n) is 4.27. The van der Waals surface area contributed by atoms with Crippen LogP contribution in [0.1, 0.15) is 11.1 Å². The molecule has 1 aliphatic carbocycles. The molecule has 0 atom stereocenters. The predicted octanol–water partition coefficient (Wildman–Crippen LogP) is 3.19. The molecule has 4 nitrogen and oxygen atoms in total. The van der Waals surface area contributed by atoms with Crippen LogP contribution in [0.3, 0.4) is 0 Å². The van der Waals surface area contributed by atoms with Crippen molar-refractivity contribution in [1.82, 2.24) is 0 Å². The monoisotopic (exact) mass is 248 g/mol. The molecule has 1 aliphatic rings. The van der Waals surface area contributed by atoms with Crippen molar-refractivity contribution in [3.63, 3.8) is 0 Å². The van der Waals surface area contributed by atoms with Gasteiger partial charge in [-0.05, 0) is 52.9 Å². The van der Waals surface area contributed by atoms with Gasteiger partial charge in [-0.1, -0.05) is 12.1 Å². The third-order valence-corrected chi connectivity index (χ3v) is 3.21. The number of hydrogen-bond acceptors (Lipinski definition) is 4. The standard InChI is InChI=1S/C15H8N2O2/c18-8-16-12-3-1-10-5-11-2-4-13(17-9-19)7-15(11)14(10)6-12/h1-4,6-7H,5H2. The summed E-state index contributed by atoms with van der Waals surface area (Å²) >= 11 is 0. The van der Waals surface area contributed by atoms with Crippen molar-refractivity contribution in [2.45, 2.75) is 6.42 Å². The van der Waals surface area contributed by atoms with E-state index in [-0.39, 0.29) is 0 Å². The fourth-order valence-electron chi connectivity index (χ4n) is 2.39. The normalized spacial score (nSPS) is 10.9. The zero-order valence-corrected chi connectivity index (χ0v) is 9.88. The lowest BCUT2D eigenvalue weighted by Crippen LogP contribution is -1.78. The average Bonchev–Trinajstić information content (AvgIpc) is 2.77. The number of benzene rings is 2. The van der Waals surface area contributed by atoms with Crippen LogP contribution in [0.2, 0.25) is 0 Å². The van der Waals surface area contributed by atoms with E-state index >= 15 is 0 Å². The quantitative estimate of drug-likeness (QED) is 0.516. The van der Waals surface area contributed by atoms with Gasteiger partial charge in [-0.3, -0.25) is 0 Å². The van der Waals surface area contributed by atoms with Crippen molar-refractivity contribution >= 4 is 23.5 Å². The summed E-state index contributed by atoms with van der Waals surface area (Å²) in [5.74, 6) is 0. The molecule has 0 radical (unpaired) electrons. The fraction of sp³-hybridized carbons (Fsp3) is 0.0667. The summed E-state index contributed by atoms with van der Waals surface area (Å²) in [4.78, 5) is 27.9. The minimum atomic E-state index is 0.575. The largest absolute Gasteiger partial charge is 0.240 e. The van der Waals surface area contributed by atoms with E-state index < -0.39 is 0 Å². The predicted molar refractivity (Wildman–Crippen MR) is 70.2 cm³/mol. The molecule has 19 heavy (non-hydrogen) atoms. The second-order valence-corrected chi connectivity index (χ2v) is 4.27. The summed E-state index contributed by atoms with van der Waals surface area (Å²) in [6.45, 7) is 0. The molecule has 0 heterocycles. The summed E-state index contributed by atoms with van der Waals surface area (Å²) in [6, 6.07) is 11.2. The first kappa shape index (κ1) is 11.3. The molecule has 90 valence electrons. The highest BCUT2D eigenvalue weighted by Gasteiger charge is 2.18. The Kier molecular flexibility index (Phi) is 2.66. The van der Waals surface area contributed by atoms with Gasteiger partial charge in [0.2, 0.25) is 12.2 Å². The Morgan fingerprint density at radius 3 is 1.68 bits per heavy atom. The highest BCUT2D eigenvalue weighted by molar-refractivity contribution is 5.81. The van der Waals surface area contributed by atoms with E-state index in [0.29, 0.717) is 11.4 Å². The van der Waals surface area contributed by atoms with E-state index in [2.05, 4.69) is 9.98 Å². The molecule has 4 heteroatoms. The summed E-state index contributed by atoms with van der Waals surface area (Å²) in [7, 11) is 0. The minimum absolute atomic E-state index is 0.575. The van der Waals surface area contributed by atoms with Crippen LogP contribution in [0.5, 0.6) is 0 Å². The zero-order valence-electron chi connectivity index (χ0n) is 9.88. The maximum atomic E-state index is 10.3. The van der Waals surface area contributed by atoms with Gasteiger partial charge in [0.25, 0.3) is 0 Å². The molecule has 2 aromatic carbocycles. The van der Waals surface area contributed by atoms with Gasteiger partial charge in [0.1, 0.15) is 0 Å². The van der Waals surface area contributed by atoms with Gasteiger partial charge in [0.05, 0.1) is 11.4 Å². The minimum Gasteiger partial charge on any atom is -0.211 e. The Hall–Kier alpha value is -2.80. The number of rotatable bonds is 2. The Morgan fingerprint density at radius 1 is 0.789 bits per heavy atom. The lowest BCUT2D eigenvalue weighted by Gasteiger charge is -2.02. The van der Waals surface area contributed by atoms with E-state index in [1.54, 1.807) is 12.1 Å². The third kappa shape index (κ3) is 1.91. The van der Waals surface area contributed by atoms with E-state index in [1.807, 2.05) is 24.3 Å². The number of carbonyl (C=O) groups excluding carboxylic acids is 2. The Balaban J connectivity index is 2.18. The van der Waals surface area contributed by atoms with E-state index in [1.165, 1.54) is 23.3 Å². The maximum absolute atomic E-state index is 10.3. The first-order valence-electron chi connectivity index (χ1n) is 5.74. The molecule has 0 saturated carbocycles. The summed E-state index contributed by atoms with van der Waals surface area (Å²) in [5, 5.41) is 0. The summed E-state index contributed by atoms with van der Waals surface area (Å²) in [5.41, 5.74) is 5.54. The van der Waals surface area contributed by atoms with Crippen molar-refractivity contribution in [3.05, 3.63) is 47.5 Å². The van der Waals surface area contributed by atoms with Gasteiger partial charge in [-0.15, -0.1) is 0 Å². The van der Waals surface area contributed by atoms with E-state index in [0.717, 1.165) is 17.5 Å². The fourth-order valence-corrected chi connectivity index (χ4v) is 2.39. The van der Waals surface area contributed by atoms with Crippen LogP contribution in [0, 0.1) is 0 Å². The molecule has 0 amide bonds. The van der Waals surface area contributed by atoms with Gasteiger partial charge < -0.3 is 0 Å². The lowest BCUT2D eigenvalue weighted by molar-refractivity contribution is 0.564. The van der Waals surface area contributed by atoms with Crippen LogP contribution < -0.4 is 0 Å². The highest BCUT2D eigenvalue weighted by Crippen LogP contribution is 2.40. The second kappa shape index (κ2) is 4.46. The van der Waals surface area contributed by atoms with E-state index in [4.69, 9.17) is 0 Å². The Labute approximate surface area is 109 Å². The molecule has 0 fully saturated rings. The molecule has 0 unspecified atom stereocenters. The van der Waals surface area contributed by atoms with Crippen molar-refractivity contribution in [2.24, 2.45) is 9.98 Å². The van der Waals surface area contributed by atoms with Gasteiger partial charge in [0, 0.05) is 0 Å². The Morgan fingerprint density at radius 2 is 1.26 bits per heavy atom. The maximum Gasteiger partial charge on any atom is 0.240 e. The van der Waals surface area contributed by atoms with Gasteiger partial charge in [-0.25, -0.2) is 9.59 Å². The topological polar surface area (TPSA) is 58.9 Å². The molecule has 0 N–H and O–H groups in total. The van der Waals surface area contributed by atoms with Crippen molar-refractivity contribution < 1.29 is 9.59 Å². The number of isocyanates is 2. The average molecular weight is 248 g/mol. The molecule has 0 saturated heterocycles. The molecule has 0 aromatic heterocycles. The molecule has 0 aliphatic heterocycles. The van der Waals surface area contributed by atoms with Crippen LogP contribution in [0.25, 0.3) is 11.1 Å². The number of nitrogens with zero attached hydrogens (tertiary/aromatic N) is 2. The first-order chi connectivity index (χ1) is 9.31. The first-order valence-corrected chi connectivity index (χ1v) is 5.74. The molecule has 2 aromatic rings. The molecule has 0 bridgehead atoms. The molecule has 0 spiro atoms. The highest BCUT2D eigenvalue weighted by atomic mass is 16.1. The molecular weight excluding hydrogens is 240 g/mol. The van der Waals surface area contributed by atoms with Crippen LogP contribution >= 0.6 is 0 Å². The Bertz CT molecular complexity index is 702. The van der Waals surface area contributed by atoms with Crippen LogP contribution in [0.4, 0.5) is 11.4 Å². The van der Waals surface area contributed by atoms with Crippen LogP contribution in [0.15, 0.2) is 46.4 Å². The van der Waals surface area contributed by atoms with E-state index in [9.17, 15) is 9.59 Å². The number of hydrogen-bond donors (Lipinski definition) is 0. The number of fused-ring (bicyclic) bond motifs is 3. The lowest BCUT2D eigenvalue weighted by atomic mass is 10.0. The van der Waals surface area contributed by atoms with Crippen molar-refractivity contribution in [2.75, 3.05) is 0 Å². The van der Waals surface area contributed by atoms with Gasteiger partial charge in [0.15, 0.2) is 0 Å². The summed E-state index contributed by atoms with van der Waals surface area (Å²) < 4.78 is 0. The number of aliphatic imine (C=N–C) groups is 2. The van der Waals surface area contributed by atoms with Crippen LogP contribution in [-0.2, 0) is 16.0 Å². The van der Waals surface area contributed by atoms with Gasteiger partial charge in [-0.2, -0.15) is 9.98 Å². The van der Waals surface area contributed by atoms with Crippen LogP contribution in [-0.4, -0.2) is 12.2 Å². The zero-order chi connectivity index (χ0) is 13.2. The molecular formula is C15H8N2O2. The van der Waals surface area contributed by atoms with Crippen molar-refractivity contribution in [3.8, 4) is 11.1 Å². The SMILES string of the molecule is O=C=Nc1ccc2c(c1)-c1cc(N=C=O)ccc1C2. The summed E-state index contributed by atoms with van der Waals surface area (Å²) in [6.07, 6.45) is 3.91. The smallest absolute Gasteiger partial charge is 0.211 e.